The van der Waals surface area contributed by atoms with Crippen LogP contribution in [0.3, 0.4) is 0 Å². The molecule has 0 unspecified atom stereocenters. The standard InChI is InChI=1S/C24H22N2O4/c1-28-19-10-6-9-16(23(19)29-2)21-17(13-25)24(26)30-20-12-15(11-18(27)22(20)21)14-7-4-3-5-8-14/h3-10,15,21H,11-12,26H2,1-2H3/t15-,21+/m0/s1. The summed E-state index contributed by atoms with van der Waals surface area (Å²) >= 11 is 0. The molecule has 0 fully saturated rings. The lowest BCUT2D eigenvalue weighted by Crippen LogP contribution is -2.30. The number of nitriles is 1. The van der Waals surface area contributed by atoms with Crippen LogP contribution in [0.4, 0.5) is 0 Å². The molecule has 4 rings (SSSR count). The maximum Gasteiger partial charge on any atom is 0.205 e. The number of ketones is 1. The zero-order valence-corrected chi connectivity index (χ0v) is 16.8. The van der Waals surface area contributed by atoms with Crippen molar-refractivity contribution in [2.45, 2.75) is 24.7 Å². The molecule has 152 valence electrons. The Bertz CT molecular complexity index is 1100. The Labute approximate surface area is 175 Å². The van der Waals surface area contributed by atoms with Gasteiger partial charge in [-0.15, -0.1) is 0 Å². The van der Waals surface area contributed by atoms with Gasteiger partial charge in [0.1, 0.15) is 17.4 Å². The number of nitrogens with zero attached hydrogens (tertiary/aromatic N) is 1. The van der Waals surface area contributed by atoms with Gasteiger partial charge in [0.25, 0.3) is 0 Å². The van der Waals surface area contributed by atoms with Crippen molar-refractivity contribution in [3.63, 3.8) is 0 Å². The van der Waals surface area contributed by atoms with Crippen LogP contribution in [0.2, 0.25) is 0 Å². The van der Waals surface area contributed by atoms with Gasteiger partial charge in [0, 0.05) is 24.0 Å². The maximum atomic E-state index is 13.3. The highest BCUT2D eigenvalue weighted by atomic mass is 16.5. The van der Waals surface area contributed by atoms with Gasteiger partial charge in [-0.3, -0.25) is 4.79 Å². The smallest absolute Gasteiger partial charge is 0.205 e. The largest absolute Gasteiger partial charge is 0.493 e. The Kier molecular flexibility index (Phi) is 5.20. The second-order valence-corrected chi connectivity index (χ2v) is 7.28. The molecule has 6 nitrogen and oxygen atoms in total. The van der Waals surface area contributed by atoms with E-state index in [-0.39, 0.29) is 23.2 Å². The molecule has 0 spiro atoms. The number of carbonyl (C=O) groups is 1. The van der Waals surface area contributed by atoms with Gasteiger partial charge in [0.2, 0.25) is 5.88 Å². The lowest BCUT2D eigenvalue weighted by molar-refractivity contribution is -0.117. The number of methoxy groups -OCH3 is 2. The van der Waals surface area contributed by atoms with Crippen molar-refractivity contribution in [1.29, 1.82) is 5.26 Å². The zero-order valence-electron chi connectivity index (χ0n) is 16.8. The number of ether oxygens (including phenoxy) is 3. The molecule has 0 aromatic heterocycles. The molecular formula is C24H22N2O4. The summed E-state index contributed by atoms with van der Waals surface area (Å²) in [7, 11) is 3.07. The number of para-hydroxylation sites is 1. The lowest BCUT2D eigenvalue weighted by Gasteiger charge is -2.34. The van der Waals surface area contributed by atoms with Crippen LogP contribution < -0.4 is 15.2 Å². The maximum absolute atomic E-state index is 13.3. The van der Waals surface area contributed by atoms with Gasteiger partial charge in [-0.05, 0) is 17.5 Å². The Balaban J connectivity index is 1.85. The molecule has 0 bridgehead atoms. The number of benzene rings is 2. The van der Waals surface area contributed by atoms with Gasteiger partial charge in [0.15, 0.2) is 17.3 Å². The summed E-state index contributed by atoms with van der Waals surface area (Å²) in [4.78, 5) is 13.3. The Morgan fingerprint density at radius 3 is 2.50 bits per heavy atom. The van der Waals surface area contributed by atoms with Crippen LogP contribution in [0.15, 0.2) is 71.3 Å². The predicted octanol–water partition coefficient (Wildman–Crippen LogP) is 3.91. The molecule has 2 aromatic carbocycles. The number of hydrogen-bond donors (Lipinski definition) is 1. The third kappa shape index (κ3) is 3.18. The van der Waals surface area contributed by atoms with E-state index >= 15 is 0 Å². The zero-order chi connectivity index (χ0) is 21.3. The van der Waals surface area contributed by atoms with E-state index in [9.17, 15) is 10.1 Å². The fraction of sp³-hybridized carbons (Fsp3) is 0.250. The molecule has 0 saturated heterocycles. The summed E-state index contributed by atoms with van der Waals surface area (Å²) in [6, 6.07) is 17.4. The van der Waals surface area contributed by atoms with E-state index in [1.165, 1.54) is 7.11 Å². The van der Waals surface area contributed by atoms with Crippen molar-refractivity contribution in [1.82, 2.24) is 0 Å². The summed E-state index contributed by atoms with van der Waals surface area (Å²) < 4.78 is 16.8. The number of rotatable bonds is 4. The highest BCUT2D eigenvalue weighted by Gasteiger charge is 2.42. The van der Waals surface area contributed by atoms with Crippen LogP contribution in [0, 0.1) is 11.3 Å². The van der Waals surface area contributed by atoms with Crippen molar-refractivity contribution < 1.29 is 19.0 Å². The molecule has 0 amide bonds. The van der Waals surface area contributed by atoms with Crippen LogP contribution >= 0.6 is 0 Å². The number of allylic oxidation sites excluding steroid dienone is 3. The fourth-order valence-electron chi connectivity index (χ4n) is 4.32. The van der Waals surface area contributed by atoms with Gasteiger partial charge < -0.3 is 19.9 Å². The molecule has 1 aliphatic heterocycles. The summed E-state index contributed by atoms with van der Waals surface area (Å²) in [6.45, 7) is 0. The normalized spacial score (nSPS) is 20.9. The van der Waals surface area contributed by atoms with E-state index in [1.807, 2.05) is 36.4 Å². The predicted molar refractivity (Wildman–Crippen MR) is 111 cm³/mol. The molecule has 2 atom stereocenters. The van der Waals surface area contributed by atoms with E-state index in [1.54, 1.807) is 19.2 Å². The van der Waals surface area contributed by atoms with Crippen LogP contribution in [-0.2, 0) is 9.53 Å². The molecule has 0 radical (unpaired) electrons. The minimum atomic E-state index is -0.659. The summed E-state index contributed by atoms with van der Waals surface area (Å²) in [5, 5.41) is 9.82. The quantitative estimate of drug-likeness (QED) is 0.833. The van der Waals surface area contributed by atoms with E-state index in [2.05, 4.69) is 6.07 Å². The van der Waals surface area contributed by atoms with E-state index < -0.39 is 5.92 Å². The van der Waals surface area contributed by atoms with Gasteiger partial charge in [-0.25, -0.2) is 0 Å². The van der Waals surface area contributed by atoms with Gasteiger partial charge in [-0.2, -0.15) is 5.26 Å². The van der Waals surface area contributed by atoms with Crippen LogP contribution in [0.1, 0.15) is 35.8 Å². The number of hydrogen-bond acceptors (Lipinski definition) is 6. The lowest BCUT2D eigenvalue weighted by atomic mass is 9.73. The first-order valence-electron chi connectivity index (χ1n) is 9.68. The summed E-state index contributed by atoms with van der Waals surface area (Å²) in [6.07, 6.45) is 0.876. The number of nitrogens with two attached hydrogens (primary N) is 1. The first kappa shape index (κ1) is 19.6. The Morgan fingerprint density at radius 1 is 1.07 bits per heavy atom. The van der Waals surface area contributed by atoms with E-state index in [4.69, 9.17) is 19.9 Å². The van der Waals surface area contributed by atoms with E-state index in [0.29, 0.717) is 41.2 Å². The van der Waals surface area contributed by atoms with E-state index in [0.717, 1.165) is 5.56 Å². The van der Waals surface area contributed by atoms with Crippen LogP contribution in [-0.4, -0.2) is 20.0 Å². The van der Waals surface area contributed by atoms with Crippen LogP contribution in [0.25, 0.3) is 0 Å². The monoisotopic (exact) mass is 402 g/mol. The molecule has 2 N–H and O–H groups in total. The SMILES string of the molecule is COc1cccc([C@@H]2C(C#N)=C(N)OC3=C2C(=O)C[C@H](c2ccccc2)C3)c1OC. The van der Waals surface area contributed by atoms with Crippen LogP contribution in [0.5, 0.6) is 11.5 Å². The minimum Gasteiger partial charge on any atom is -0.493 e. The van der Waals surface area contributed by atoms with Crippen molar-refractivity contribution >= 4 is 5.78 Å². The third-order valence-electron chi connectivity index (χ3n) is 5.68. The topological polar surface area (TPSA) is 94.6 Å². The van der Waals surface area contributed by atoms with Gasteiger partial charge in [-0.1, -0.05) is 42.5 Å². The fourth-order valence-corrected chi connectivity index (χ4v) is 4.32. The van der Waals surface area contributed by atoms with Gasteiger partial charge >= 0.3 is 0 Å². The number of Topliss-reactive ketones (excluding diaryl/α,β-unsaturated/α-hetero) is 1. The average Bonchev–Trinajstić information content (AvgIpc) is 2.77. The Hall–Kier alpha value is -3.72. The first-order valence-corrected chi connectivity index (χ1v) is 9.68. The average molecular weight is 402 g/mol. The Morgan fingerprint density at radius 2 is 1.83 bits per heavy atom. The van der Waals surface area contributed by atoms with Crippen molar-refractivity contribution in [2.75, 3.05) is 14.2 Å². The van der Waals surface area contributed by atoms with Gasteiger partial charge in [0.05, 0.1) is 20.1 Å². The van der Waals surface area contributed by atoms with Crippen molar-refractivity contribution in [2.24, 2.45) is 5.73 Å². The first-order chi connectivity index (χ1) is 14.6. The molecular weight excluding hydrogens is 380 g/mol. The molecule has 6 heteroatoms. The summed E-state index contributed by atoms with van der Waals surface area (Å²) in [5.41, 5.74) is 8.53. The molecule has 30 heavy (non-hydrogen) atoms. The molecule has 1 heterocycles. The molecule has 2 aliphatic rings. The second kappa shape index (κ2) is 7.96. The van der Waals surface area contributed by atoms with Crippen molar-refractivity contribution in [3.05, 3.63) is 82.4 Å². The minimum absolute atomic E-state index is 0.00161. The molecule has 0 saturated carbocycles. The van der Waals surface area contributed by atoms with Crippen molar-refractivity contribution in [3.8, 4) is 17.6 Å². The second-order valence-electron chi connectivity index (χ2n) is 7.28. The highest BCUT2D eigenvalue weighted by Crippen LogP contribution is 2.49. The molecule has 2 aromatic rings. The highest BCUT2D eigenvalue weighted by molar-refractivity contribution is 6.00. The summed E-state index contributed by atoms with van der Waals surface area (Å²) in [5.74, 6) is 0.816. The molecule has 1 aliphatic carbocycles. The third-order valence-corrected chi connectivity index (χ3v) is 5.68. The number of carbonyl (C=O) groups excluding carboxylic acids is 1.